The minimum Gasteiger partial charge on any atom is -0.454 e. The number of amides is 1. The number of carbonyl (C=O) groups is 1. The molecule has 0 aliphatic carbocycles. The molecule has 2 N–H and O–H groups in total. The lowest BCUT2D eigenvalue weighted by atomic mass is 10.1. The summed E-state index contributed by atoms with van der Waals surface area (Å²) >= 11 is 1.39. The number of hydrogen-bond donors (Lipinski definition) is 2. The Labute approximate surface area is 161 Å². The molecular weight excluding hydrogens is 362 g/mol. The van der Waals surface area contributed by atoms with Gasteiger partial charge in [-0.1, -0.05) is 48.2 Å². The summed E-state index contributed by atoms with van der Waals surface area (Å²) in [4.78, 5) is 20.0. The maximum absolute atomic E-state index is 12.2. The summed E-state index contributed by atoms with van der Waals surface area (Å²) in [6, 6.07) is 15.7. The van der Waals surface area contributed by atoms with Gasteiger partial charge < -0.3 is 19.8 Å². The van der Waals surface area contributed by atoms with Gasteiger partial charge in [-0.15, -0.1) is 0 Å². The number of aromatic nitrogens is 2. The molecule has 1 aliphatic heterocycles. The Kier molecular flexibility index (Phi) is 5.02. The highest BCUT2D eigenvalue weighted by atomic mass is 32.2. The van der Waals surface area contributed by atoms with E-state index in [1.807, 2.05) is 55.5 Å². The molecule has 0 bridgehead atoms. The van der Waals surface area contributed by atoms with Crippen LogP contribution in [0.4, 0.5) is 0 Å². The zero-order valence-corrected chi connectivity index (χ0v) is 15.6. The Hall–Kier alpha value is -2.93. The Morgan fingerprint density at radius 3 is 2.85 bits per heavy atom. The number of aryl methyl sites for hydroxylation is 1. The Morgan fingerprint density at radius 2 is 2.00 bits per heavy atom. The van der Waals surface area contributed by atoms with Crippen molar-refractivity contribution in [2.24, 2.45) is 0 Å². The monoisotopic (exact) mass is 381 g/mol. The number of ether oxygens (including phenoxy) is 2. The van der Waals surface area contributed by atoms with Crippen LogP contribution in [0.15, 0.2) is 53.7 Å². The number of nitrogens with zero attached hydrogens (tertiary/aromatic N) is 1. The number of aromatic amines is 1. The molecule has 3 aromatic rings. The number of fused-ring (bicyclic) bond motifs is 1. The largest absolute Gasteiger partial charge is 0.454 e. The fourth-order valence-electron chi connectivity index (χ4n) is 2.81. The Morgan fingerprint density at radius 1 is 1.19 bits per heavy atom. The molecule has 2 heterocycles. The predicted molar refractivity (Wildman–Crippen MR) is 104 cm³/mol. The van der Waals surface area contributed by atoms with E-state index >= 15 is 0 Å². The third-order valence-electron chi connectivity index (χ3n) is 4.18. The number of H-pyrrole nitrogens is 1. The van der Waals surface area contributed by atoms with Gasteiger partial charge in [0.2, 0.25) is 12.7 Å². The van der Waals surface area contributed by atoms with E-state index in [1.54, 1.807) is 0 Å². The fourth-order valence-corrected chi connectivity index (χ4v) is 3.57. The van der Waals surface area contributed by atoms with Crippen LogP contribution in [0.2, 0.25) is 0 Å². The van der Waals surface area contributed by atoms with Gasteiger partial charge in [0.1, 0.15) is 0 Å². The van der Waals surface area contributed by atoms with E-state index in [0.29, 0.717) is 12.3 Å². The van der Waals surface area contributed by atoms with Crippen LogP contribution in [-0.2, 0) is 11.3 Å². The summed E-state index contributed by atoms with van der Waals surface area (Å²) in [5.41, 5.74) is 3.94. The second-order valence-electron chi connectivity index (χ2n) is 6.13. The maximum atomic E-state index is 12.2. The second kappa shape index (κ2) is 7.75. The van der Waals surface area contributed by atoms with Crippen LogP contribution in [0, 0.1) is 6.92 Å². The third kappa shape index (κ3) is 4.09. The van der Waals surface area contributed by atoms with E-state index in [9.17, 15) is 4.79 Å². The van der Waals surface area contributed by atoms with Gasteiger partial charge in [0.25, 0.3) is 0 Å². The lowest BCUT2D eigenvalue weighted by molar-refractivity contribution is -0.118. The summed E-state index contributed by atoms with van der Waals surface area (Å²) in [6.45, 7) is 2.68. The molecule has 0 unspecified atom stereocenters. The van der Waals surface area contributed by atoms with Crippen LogP contribution in [0.3, 0.4) is 0 Å². The van der Waals surface area contributed by atoms with Gasteiger partial charge in [-0.25, -0.2) is 4.98 Å². The number of rotatable bonds is 6. The molecule has 1 aromatic heterocycles. The van der Waals surface area contributed by atoms with E-state index in [2.05, 4.69) is 15.3 Å². The van der Waals surface area contributed by atoms with Gasteiger partial charge in [0.15, 0.2) is 16.7 Å². The lowest BCUT2D eigenvalue weighted by Gasteiger charge is -2.05. The van der Waals surface area contributed by atoms with Crippen molar-refractivity contribution in [2.75, 3.05) is 12.5 Å². The van der Waals surface area contributed by atoms with Crippen molar-refractivity contribution in [1.82, 2.24) is 15.3 Å². The summed E-state index contributed by atoms with van der Waals surface area (Å²) in [7, 11) is 0. The quantitative estimate of drug-likeness (QED) is 0.639. The van der Waals surface area contributed by atoms with Crippen molar-refractivity contribution >= 4 is 17.7 Å². The standard InChI is InChI=1S/C20H19N3O3S/c1-13-19(15-5-3-2-4-6-15)23-20(22-13)27-11-18(24)21-10-14-7-8-16-17(9-14)26-12-25-16/h2-9H,10-12H2,1H3,(H,21,24)(H,22,23). The molecule has 7 heteroatoms. The average molecular weight is 381 g/mol. The molecule has 1 aliphatic rings. The first-order chi connectivity index (χ1) is 13.2. The molecule has 0 radical (unpaired) electrons. The molecule has 138 valence electrons. The van der Waals surface area contributed by atoms with E-state index in [0.717, 1.165) is 39.2 Å². The highest BCUT2D eigenvalue weighted by Gasteiger charge is 2.14. The minimum absolute atomic E-state index is 0.0482. The Balaban J connectivity index is 1.31. The first-order valence-electron chi connectivity index (χ1n) is 8.59. The van der Waals surface area contributed by atoms with Crippen molar-refractivity contribution < 1.29 is 14.3 Å². The van der Waals surface area contributed by atoms with Gasteiger partial charge in [-0.05, 0) is 24.6 Å². The Bertz CT molecular complexity index is 956. The zero-order valence-electron chi connectivity index (χ0n) is 14.8. The first-order valence-corrected chi connectivity index (χ1v) is 9.57. The number of carbonyl (C=O) groups excluding carboxylic acids is 1. The van der Waals surface area contributed by atoms with Gasteiger partial charge in [-0.2, -0.15) is 0 Å². The highest BCUT2D eigenvalue weighted by molar-refractivity contribution is 7.99. The van der Waals surface area contributed by atoms with Crippen LogP contribution in [0.25, 0.3) is 11.3 Å². The van der Waals surface area contributed by atoms with E-state index in [-0.39, 0.29) is 12.7 Å². The fraction of sp³-hybridized carbons (Fsp3) is 0.200. The molecule has 27 heavy (non-hydrogen) atoms. The third-order valence-corrected chi connectivity index (χ3v) is 5.05. The number of thioether (sulfide) groups is 1. The van der Waals surface area contributed by atoms with Gasteiger partial charge in [-0.3, -0.25) is 4.79 Å². The minimum atomic E-state index is -0.0482. The second-order valence-corrected chi connectivity index (χ2v) is 7.10. The molecule has 4 rings (SSSR count). The topological polar surface area (TPSA) is 76.2 Å². The summed E-state index contributed by atoms with van der Waals surface area (Å²) in [5.74, 6) is 1.71. The number of imidazole rings is 1. The van der Waals surface area contributed by atoms with Gasteiger partial charge >= 0.3 is 0 Å². The molecule has 0 saturated carbocycles. The van der Waals surface area contributed by atoms with Gasteiger partial charge in [0, 0.05) is 17.8 Å². The molecule has 2 aromatic carbocycles. The summed E-state index contributed by atoms with van der Waals surface area (Å²) in [5, 5.41) is 3.66. The number of hydrogen-bond acceptors (Lipinski definition) is 5. The SMILES string of the molecule is Cc1[nH]c(SCC(=O)NCc2ccc3c(c2)OCO3)nc1-c1ccccc1. The molecule has 0 spiro atoms. The summed E-state index contributed by atoms with van der Waals surface area (Å²) < 4.78 is 10.6. The maximum Gasteiger partial charge on any atom is 0.231 e. The van der Waals surface area contributed by atoms with Crippen molar-refractivity contribution in [3.05, 3.63) is 59.8 Å². The number of benzene rings is 2. The lowest BCUT2D eigenvalue weighted by Crippen LogP contribution is -2.24. The smallest absolute Gasteiger partial charge is 0.231 e. The molecule has 0 atom stereocenters. The molecule has 0 fully saturated rings. The van der Waals surface area contributed by atoms with E-state index in [1.165, 1.54) is 11.8 Å². The molecule has 6 nitrogen and oxygen atoms in total. The van der Waals surface area contributed by atoms with E-state index in [4.69, 9.17) is 9.47 Å². The van der Waals surface area contributed by atoms with Crippen LogP contribution >= 0.6 is 11.8 Å². The molecular formula is C20H19N3O3S. The zero-order chi connectivity index (χ0) is 18.6. The number of nitrogens with one attached hydrogen (secondary N) is 2. The molecule has 1 amide bonds. The van der Waals surface area contributed by atoms with Crippen LogP contribution in [-0.4, -0.2) is 28.4 Å². The van der Waals surface area contributed by atoms with Crippen molar-refractivity contribution in [3.8, 4) is 22.8 Å². The van der Waals surface area contributed by atoms with E-state index < -0.39 is 0 Å². The highest BCUT2D eigenvalue weighted by Crippen LogP contribution is 2.32. The van der Waals surface area contributed by atoms with Crippen molar-refractivity contribution in [1.29, 1.82) is 0 Å². The van der Waals surface area contributed by atoms with Crippen LogP contribution in [0.5, 0.6) is 11.5 Å². The van der Waals surface area contributed by atoms with Crippen LogP contribution < -0.4 is 14.8 Å². The summed E-state index contributed by atoms with van der Waals surface area (Å²) in [6.07, 6.45) is 0. The predicted octanol–water partition coefficient (Wildman–Crippen LogP) is 3.52. The van der Waals surface area contributed by atoms with Gasteiger partial charge in [0.05, 0.1) is 11.4 Å². The van der Waals surface area contributed by atoms with Crippen LogP contribution in [0.1, 0.15) is 11.3 Å². The van der Waals surface area contributed by atoms with Crippen molar-refractivity contribution in [3.63, 3.8) is 0 Å². The molecule has 0 saturated heterocycles. The van der Waals surface area contributed by atoms with Crippen molar-refractivity contribution in [2.45, 2.75) is 18.6 Å². The normalized spacial score (nSPS) is 12.2. The average Bonchev–Trinajstić information content (AvgIpc) is 3.31. The first kappa shape index (κ1) is 17.5.